The predicted octanol–water partition coefficient (Wildman–Crippen LogP) is 4.19. The third-order valence-corrected chi connectivity index (χ3v) is 3.47. The van der Waals surface area contributed by atoms with Crippen molar-refractivity contribution in [2.45, 2.75) is 46.1 Å². The summed E-state index contributed by atoms with van der Waals surface area (Å²) in [7, 11) is 0. The van der Waals surface area contributed by atoms with Crippen LogP contribution in [0.15, 0.2) is 36.4 Å². The summed E-state index contributed by atoms with van der Waals surface area (Å²) in [5, 5.41) is 0. The molecule has 0 unspecified atom stereocenters. The number of benzene rings is 1. The SMILES string of the molecule is CCc1ccc(Oc2cccc(CN)n2)c(C(C)(C)C)c1. The molecule has 3 nitrogen and oxygen atoms in total. The fourth-order valence-electron chi connectivity index (χ4n) is 2.21. The molecule has 0 spiro atoms. The maximum Gasteiger partial charge on any atom is 0.219 e. The zero-order valence-corrected chi connectivity index (χ0v) is 13.3. The Labute approximate surface area is 127 Å². The van der Waals surface area contributed by atoms with Crippen molar-refractivity contribution < 1.29 is 4.74 Å². The quantitative estimate of drug-likeness (QED) is 0.915. The van der Waals surface area contributed by atoms with Crippen molar-refractivity contribution in [2.75, 3.05) is 0 Å². The monoisotopic (exact) mass is 284 g/mol. The molecule has 2 aromatic rings. The highest BCUT2D eigenvalue weighted by atomic mass is 16.5. The van der Waals surface area contributed by atoms with E-state index in [0.717, 1.165) is 17.9 Å². The first-order valence-electron chi connectivity index (χ1n) is 7.41. The fourth-order valence-corrected chi connectivity index (χ4v) is 2.21. The molecular formula is C18H24N2O. The molecular weight excluding hydrogens is 260 g/mol. The maximum atomic E-state index is 6.01. The average Bonchev–Trinajstić information content (AvgIpc) is 2.46. The van der Waals surface area contributed by atoms with Crippen LogP contribution in [0.1, 0.15) is 44.5 Å². The number of nitrogens with two attached hydrogens (primary N) is 1. The number of rotatable bonds is 4. The van der Waals surface area contributed by atoms with Crippen molar-refractivity contribution in [3.05, 3.63) is 53.2 Å². The average molecular weight is 284 g/mol. The van der Waals surface area contributed by atoms with Gasteiger partial charge in [-0.05, 0) is 29.5 Å². The second-order valence-electron chi connectivity index (χ2n) is 6.21. The van der Waals surface area contributed by atoms with Crippen LogP contribution in [-0.2, 0) is 18.4 Å². The molecule has 0 aliphatic carbocycles. The van der Waals surface area contributed by atoms with Crippen LogP contribution >= 0.6 is 0 Å². The molecule has 1 aromatic heterocycles. The molecule has 0 saturated carbocycles. The molecule has 0 atom stereocenters. The zero-order valence-electron chi connectivity index (χ0n) is 13.3. The molecule has 0 fully saturated rings. The van der Waals surface area contributed by atoms with E-state index in [-0.39, 0.29) is 5.41 Å². The largest absolute Gasteiger partial charge is 0.439 e. The van der Waals surface area contributed by atoms with E-state index in [9.17, 15) is 0 Å². The topological polar surface area (TPSA) is 48.1 Å². The van der Waals surface area contributed by atoms with E-state index in [2.05, 4.69) is 44.8 Å². The standard InChI is InChI=1S/C18H24N2O/c1-5-13-9-10-16(15(11-13)18(2,3)4)21-17-8-6-7-14(12-19)20-17/h6-11H,5,12,19H2,1-4H3. The molecule has 112 valence electrons. The summed E-state index contributed by atoms with van der Waals surface area (Å²) in [4.78, 5) is 4.41. The van der Waals surface area contributed by atoms with Crippen molar-refractivity contribution >= 4 is 0 Å². The summed E-state index contributed by atoms with van der Waals surface area (Å²) in [6, 6.07) is 12.1. The summed E-state index contributed by atoms with van der Waals surface area (Å²) in [5.41, 5.74) is 8.99. The molecule has 1 aromatic carbocycles. The van der Waals surface area contributed by atoms with E-state index < -0.39 is 0 Å². The molecule has 21 heavy (non-hydrogen) atoms. The highest BCUT2D eigenvalue weighted by Gasteiger charge is 2.20. The Morgan fingerprint density at radius 3 is 2.52 bits per heavy atom. The summed E-state index contributed by atoms with van der Waals surface area (Å²) in [6.45, 7) is 9.15. The lowest BCUT2D eigenvalue weighted by molar-refractivity contribution is 0.438. The molecule has 0 aliphatic rings. The number of hydrogen-bond acceptors (Lipinski definition) is 3. The molecule has 2 N–H and O–H groups in total. The van der Waals surface area contributed by atoms with Gasteiger partial charge in [-0.15, -0.1) is 0 Å². The smallest absolute Gasteiger partial charge is 0.219 e. The first-order chi connectivity index (χ1) is 9.94. The van der Waals surface area contributed by atoms with E-state index in [1.54, 1.807) is 0 Å². The van der Waals surface area contributed by atoms with E-state index >= 15 is 0 Å². The Morgan fingerprint density at radius 2 is 1.90 bits per heavy atom. The van der Waals surface area contributed by atoms with Gasteiger partial charge in [-0.3, -0.25) is 0 Å². The highest BCUT2D eigenvalue weighted by molar-refractivity contribution is 5.43. The number of pyridine rings is 1. The van der Waals surface area contributed by atoms with E-state index in [1.807, 2.05) is 24.3 Å². The van der Waals surface area contributed by atoms with Crippen LogP contribution in [-0.4, -0.2) is 4.98 Å². The number of hydrogen-bond donors (Lipinski definition) is 1. The highest BCUT2D eigenvalue weighted by Crippen LogP contribution is 2.34. The predicted molar refractivity (Wildman–Crippen MR) is 86.7 cm³/mol. The van der Waals surface area contributed by atoms with Crippen LogP contribution in [0.2, 0.25) is 0 Å². The molecule has 1 heterocycles. The minimum absolute atomic E-state index is 0.0198. The van der Waals surface area contributed by atoms with Gasteiger partial charge in [0.15, 0.2) is 0 Å². The van der Waals surface area contributed by atoms with Crippen molar-refractivity contribution in [1.29, 1.82) is 0 Å². The van der Waals surface area contributed by atoms with Gasteiger partial charge in [0, 0.05) is 18.2 Å². The molecule has 2 rings (SSSR count). The van der Waals surface area contributed by atoms with Crippen LogP contribution in [0.25, 0.3) is 0 Å². The number of nitrogens with zero attached hydrogens (tertiary/aromatic N) is 1. The van der Waals surface area contributed by atoms with Gasteiger partial charge in [-0.1, -0.05) is 45.9 Å². The van der Waals surface area contributed by atoms with E-state index in [4.69, 9.17) is 10.5 Å². The van der Waals surface area contributed by atoms with Gasteiger partial charge in [-0.25, -0.2) is 4.98 Å². The Balaban J connectivity index is 2.39. The normalized spacial score (nSPS) is 11.5. The van der Waals surface area contributed by atoms with Crippen LogP contribution < -0.4 is 10.5 Å². The van der Waals surface area contributed by atoms with Gasteiger partial charge in [0.2, 0.25) is 5.88 Å². The Morgan fingerprint density at radius 1 is 1.14 bits per heavy atom. The van der Waals surface area contributed by atoms with Gasteiger partial charge in [0.1, 0.15) is 5.75 Å². The fraction of sp³-hybridized carbons (Fsp3) is 0.389. The lowest BCUT2D eigenvalue weighted by atomic mass is 9.85. The number of ether oxygens (including phenoxy) is 1. The third kappa shape index (κ3) is 3.82. The second kappa shape index (κ2) is 6.27. The van der Waals surface area contributed by atoms with Gasteiger partial charge >= 0.3 is 0 Å². The Kier molecular flexibility index (Phi) is 4.63. The van der Waals surface area contributed by atoms with Gasteiger partial charge in [-0.2, -0.15) is 0 Å². The Hall–Kier alpha value is -1.87. The minimum atomic E-state index is 0.0198. The van der Waals surface area contributed by atoms with Crippen molar-refractivity contribution in [1.82, 2.24) is 4.98 Å². The van der Waals surface area contributed by atoms with E-state index in [0.29, 0.717) is 12.4 Å². The Bertz CT molecular complexity index is 615. The van der Waals surface area contributed by atoms with Crippen molar-refractivity contribution in [2.24, 2.45) is 5.73 Å². The molecule has 0 amide bonds. The third-order valence-electron chi connectivity index (χ3n) is 3.47. The second-order valence-corrected chi connectivity index (χ2v) is 6.21. The molecule has 0 bridgehead atoms. The summed E-state index contributed by atoms with van der Waals surface area (Å²) in [6.07, 6.45) is 1.02. The molecule has 0 aliphatic heterocycles. The van der Waals surface area contributed by atoms with Crippen molar-refractivity contribution in [3.63, 3.8) is 0 Å². The van der Waals surface area contributed by atoms with Gasteiger partial charge in [0.05, 0.1) is 5.69 Å². The van der Waals surface area contributed by atoms with E-state index in [1.165, 1.54) is 11.1 Å². The first-order valence-corrected chi connectivity index (χ1v) is 7.41. The number of aryl methyl sites for hydroxylation is 1. The molecule has 0 saturated heterocycles. The van der Waals surface area contributed by atoms with Crippen LogP contribution in [0.4, 0.5) is 0 Å². The summed E-state index contributed by atoms with van der Waals surface area (Å²) in [5.74, 6) is 1.45. The maximum absolute atomic E-state index is 6.01. The van der Waals surface area contributed by atoms with Gasteiger partial charge < -0.3 is 10.5 Å². The summed E-state index contributed by atoms with van der Waals surface area (Å²) >= 11 is 0. The minimum Gasteiger partial charge on any atom is -0.439 e. The van der Waals surface area contributed by atoms with Crippen LogP contribution in [0, 0.1) is 0 Å². The lowest BCUT2D eigenvalue weighted by Crippen LogP contribution is -2.13. The van der Waals surface area contributed by atoms with Crippen molar-refractivity contribution in [3.8, 4) is 11.6 Å². The molecule has 0 radical (unpaired) electrons. The van der Waals surface area contributed by atoms with Gasteiger partial charge in [0.25, 0.3) is 0 Å². The lowest BCUT2D eigenvalue weighted by Gasteiger charge is -2.23. The van der Waals surface area contributed by atoms with Crippen LogP contribution in [0.5, 0.6) is 11.6 Å². The summed E-state index contributed by atoms with van der Waals surface area (Å²) < 4.78 is 6.01. The number of aromatic nitrogens is 1. The zero-order chi connectivity index (χ0) is 15.5. The van der Waals surface area contributed by atoms with Crippen LogP contribution in [0.3, 0.4) is 0 Å². The molecule has 3 heteroatoms. The first kappa shape index (κ1) is 15.5.